The zero-order valence-corrected chi connectivity index (χ0v) is 51.3. The van der Waals surface area contributed by atoms with Gasteiger partial charge in [-0.15, -0.1) is 0 Å². The first kappa shape index (κ1) is 56.8. The van der Waals surface area contributed by atoms with Crippen molar-refractivity contribution in [2.24, 2.45) is 0 Å². The van der Waals surface area contributed by atoms with Crippen molar-refractivity contribution in [3.05, 3.63) is 331 Å². The van der Waals surface area contributed by atoms with Crippen LogP contribution in [0.3, 0.4) is 0 Å². The van der Waals surface area contributed by atoms with Crippen molar-refractivity contribution < 1.29 is 19.8 Å². The molecule has 0 unspecified atom stereocenters. The second-order valence-corrected chi connectivity index (χ2v) is 24.1. The number of hydrogen-bond acceptors (Lipinski definition) is 3. The highest BCUT2D eigenvalue weighted by molar-refractivity contribution is 9.10. The maximum atomic E-state index is 11.8. The number of rotatable bonds is 4. The molecule has 0 radical (unpaired) electrons. The second-order valence-electron chi connectivity index (χ2n) is 23.3. The lowest BCUT2D eigenvalue weighted by Gasteiger charge is -2.13. The molecule has 0 aliphatic heterocycles. The smallest absolute Gasteiger partial charge is 0.336 e. The van der Waals surface area contributed by atoms with Gasteiger partial charge in [-0.1, -0.05) is 218 Å². The van der Waals surface area contributed by atoms with Gasteiger partial charge in [0.05, 0.1) is 11.1 Å². The van der Waals surface area contributed by atoms with Crippen molar-refractivity contribution in [2.75, 3.05) is 5.73 Å². The van der Waals surface area contributed by atoms with Gasteiger partial charge in [0.25, 0.3) is 0 Å². The molecule has 92 heavy (non-hydrogen) atoms. The standard InChI is InChI=1S/C25H16O2.C24H17N.C19H12O2.C18H11Br/c26-25(27)17-11-9-16(10-12-17)24-22-8-4-3-7-20(22)14-21-13-18-5-1-2-6-19(18)15-23(21)24;25-21-11-9-16(10-12-21)24-22-8-4-3-7-19(22)14-20-13-17-5-1-2-6-18(17)15-23(20)24;20-19(21)18-16-8-4-3-7-14(16)10-15-9-12-5-1-2-6-13(12)11-17(15)18;19-18-16-8-4-3-7-14(16)10-15-9-12-5-1-2-6-13(12)11-17(15)18/h1-15H,(H,26,27);1-15H,25H2;1-11H,(H,20,21);1-11H. The number of carbonyl (C=O) groups is 2. The minimum Gasteiger partial charge on any atom is -0.478 e. The minimum atomic E-state index is -0.907. The third-order valence-electron chi connectivity index (χ3n) is 17.7. The van der Waals surface area contributed by atoms with Crippen LogP contribution in [0.25, 0.3) is 152 Å². The highest BCUT2D eigenvalue weighted by atomic mass is 79.9. The molecule has 18 aromatic rings. The summed E-state index contributed by atoms with van der Waals surface area (Å²) in [5.74, 6) is -1.79. The summed E-state index contributed by atoms with van der Waals surface area (Å²) in [6, 6.07) is 108. The molecule has 0 aliphatic carbocycles. The van der Waals surface area contributed by atoms with E-state index in [-0.39, 0.29) is 0 Å². The SMILES string of the molecule is Brc1c2ccccc2cc2cc3ccccc3cc12.Nc1ccc(-c2c3ccccc3cc3cc4ccccc4cc23)cc1.O=C(O)c1c2ccccc2cc2cc3ccccc3cc12.O=C(O)c1ccc(-c2c3ccccc3cc3cc4ccccc4cc23)cc1. The number of nitrogens with two attached hydrogens (primary N) is 1. The second kappa shape index (κ2) is 24.0. The monoisotopic (exact) mass is 1250 g/mol. The predicted octanol–water partition coefficient (Wildman–Crippen LogP) is 23.7. The van der Waals surface area contributed by atoms with Crippen LogP contribution in [0.4, 0.5) is 5.69 Å². The summed E-state index contributed by atoms with van der Waals surface area (Å²) in [5, 5.41) is 47.0. The zero-order valence-electron chi connectivity index (χ0n) is 49.7. The first-order valence-corrected chi connectivity index (χ1v) is 31.3. The molecule has 436 valence electrons. The molecule has 0 aromatic heterocycles. The fourth-order valence-corrected chi connectivity index (χ4v) is 14.0. The average molecular weight is 1250 g/mol. The summed E-state index contributed by atoms with van der Waals surface area (Å²) in [4.78, 5) is 23.0. The van der Waals surface area contributed by atoms with E-state index in [0.717, 1.165) is 49.1 Å². The van der Waals surface area contributed by atoms with E-state index in [1.54, 1.807) is 12.1 Å². The van der Waals surface area contributed by atoms with Gasteiger partial charge in [0.2, 0.25) is 0 Å². The molecular weight excluding hydrogens is 1190 g/mol. The normalized spacial score (nSPS) is 11.3. The number of nitrogen functional groups attached to an aromatic ring is 1. The summed E-state index contributed by atoms with van der Waals surface area (Å²) in [6.07, 6.45) is 0. The first-order chi connectivity index (χ1) is 45.1. The molecule has 5 nitrogen and oxygen atoms in total. The number of benzene rings is 18. The number of fused-ring (bicyclic) bond motifs is 12. The van der Waals surface area contributed by atoms with Gasteiger partial charge in [-0.05, 0) is 265 Å². The molecule has 0 bridgehead atoms. The molecule has 18 aromatic carbocycles. The Labute approximate surface area is 538 Å². The molecule has 0 saturated heterocycles. The van der Waals surface area contributed by atoms with E-state index in [4.69, 9.17) is 5.73 Å². The van der Waals surface area contributed by atoms with Crippen LogP contribution in [0.15, 0.2) is 320 Å². The number of halogens is 1. The Morgan fingerprint density at radius 2 is 0.522 bits per heavy atom. The van der Waals surface area contributed by atoms with Crippen molar-refractivity contribution >= 4 is 163 Å². The molecule has 0 amide bonds. The van der Waals surface area contributed by atoms with E-state index in [2.05, 4.69) is 228 Å². The molecule has 4 N–H and O–H groups in total. The molecule has 18 rings (SSSR count). The van der Waals surface area contributed by atoms with Crippen molar-refractivity contribution in [1.82, 2.24) is 0 Å². The predicted molar refractivity (Wildman–Crippen MR) is 393 cm³/mol. The van der Waals surface area contributed by atoms with Crippen LogP contribution in [0, 0.1) is 0 Å². The first-order valence-electron chi connectivity index (χ1n) is 30.5. The van der Waals surface area contributed by atoms with E-state index in [9.17, 15) is 19.8 Å². The van der Waals surface area contributed by atoms with Crippen LogP contribution in [-0.4, -0.2) is 22.2 Å². The number of anilines is 1. The number of hydrogen-bond donors (Lipinski definition) is 3. The molecule has 0 aliphatic rings. The Morgan fingerprint density at radius 1 is 0.250 bits per heavy atom. The largest absolute Gasteiger partial charge is 0.478 e. The minimum absolute atomic E-state index is 0.300. The Bertz CT molecular complexity index is 5960. The third kappa shape index (κ3) is 10.8. The van der Waals surface area contributed by atoms with Crippen molar-refractivity contribution in [1.29, 1.82) is 0 Å². The van der Waals surface area contributed by atoms with Crippen LogP contribution in [0.1, 0.15) is 20.7 Å². The van der Waals surface area contributed by atoms with Crippen molar-refractivity contribution in [2.45, 2.75) is 0 Å². The molecule has 0 fully saturated rings. The van der Waals surface area contributed by atoms with E-state index in [0.29, 0.717) is 11.1 Å². The summed E-state index contributed by atoms with van der Waals surface area (Å²) in [7, 11) is 0. The number of aromatic carboxylic acids is 2. The summed E-state index contributed by atoms with van der Waals surface area (Å²) < 4.78 is 1.19. The molecule has 0 spiro atoms. The van der Waals surface area contributed by atoms with Gasteiger partial charge >= 0.3 is 11.9 Å². The van der Waals surface area contributed by atoms with Crippen molar-refractivity contribution in [3.8, 4) is 22.3 Å². The zero-order chi connectivity index (χ0) is 62.4. The lowest BCUT2D eigenvalue weighted by molar-refractivity contribution is 0.0688. The van der Waals surface area contributed by atoms with E-state index >= 15 is 0 Å². The van der Waals surface area contributed by atoms with Gasteiger partial charge in [0.1, 0.15) is 0 Å². The number of carboxylic acid groups (broad SMARTS) is 2. The van der Waals surface area contributed by atoms with Gasteiger partial charge < -0.3 is 15.9 Å². The Hall–Kier alpha value is -11.7. The molecule has 0 saturated carbocycles. The Balaban J connectivity index is 0.000000103. The summed E-state index contributed by atoms with van der Waals surface area (Å²) >= 11 is 3.77. The number of carboxylic acids is 2. The summed E-state index contributed by atoms with van der Waals surface area (Å²) in [6.45, 7) is 0. The highest BCUT2D eigenvalue weighted by Gasteiger charge is 2.17. The van der Waals surface area contributed by atoms with Gasteiger partial charge in [-0.2, -0.15) is 0 Å². The fraction of sp³-hybridized carbons (Fsp3) is 0. The van der Waals surface area contributed by atoms with E-state index < -0.39 is 11.9 Å². The highest BCUT2D eigenvalue weighted by Crippen LogP contribution is 2.41. The van der Waals surface area contributed by atoms with Crippen LogP contribution in [0.2, 0.25) is 0 Å². The quantitative estimate of drug-likeness (QED) is 0.120. The van der Waals surface area contributed by atoms with Crippen LogP contribution in [0.5, 0.6) is 0 Å². The lowest BCUT2D eigenvalue weighted by Crippen LogP contribution is -1.99. The van der Waals surface area contributed by atoms with Gasteiger partial charge in [-0.25, -0.2) is 9.59 Å². The molecular formula is C86H56BrNO4. The molecule has 6 heteroatoms. The lowest BCUT2D eigenvalue weighted by atomic mass is 9.90. The molecule has 0 heterocycles. The van der Waals surface area contributed by atoms with Gasteiger partial charge in [-0.3, -0.25) is 0 Å². The topological polar surface area (TPSA) is 101 Å². The Morgan fingerprint density at radius 3 is 0.913 bits per heavy atom. The van der Waals surface area contributed by atoms with Gasteiger partial charge in [0.15, 0.2) is 0 Å². The third-order valence-corrected chi connectivity index (χ3v) is 18.5. The Kier molecular flexibility index (Phi) is 14.8. The van der Waals surface area contributed by atoms with Crippen LogP contribution in [-0.2, 0) is 0 Å². The average Bonchev–Trinajstić information content (AvgIpc) is 0.950. The van der Waals surface area contributed by atoms with Crippen LogP contribution < -0.4 is 5.73 Å². The maximum Gasteiger partial charge on any atom is 0.336 e. The fourth-order valence-electron chi connectivity index (χ4n) is 13.3. The van der Waals surface area contributed by atoms with Crippen LogP contribution >= 0.6 is 15.9 Å². The van der Waals surface area contributed by atoms with E-state index in [1.807, 2.05) is 91.0 Å². The van der Waals surface area contributed by atoms with Crippen molar-refractivity contribution in [3.63, 3.8) is 0 Å². The molecule has 0 atom stereocenters. The van der Waals surface area contributed by atoms with Gasteiger partial charge in [0, 0.05) is 10.2 Å². The summed E-state index contributed by atoms with van der Waals surface area (Å²) in [5.41, 5.74) is 12.0. The maximum absolute atomic E-state index is 11.8. The van der Waals surface area contributed by atoms with E-state index in [1.165, 1.54) is 113 Å².